The Bertz CT molecular complexity index is 1150. The number of rotatable bonds is 9. The van der Waals surface area contributed by atoms with Gasteiger partial charge in [0.05, 0.1) is 32.0 Å². The van der Waals surface area contributed by atoms with Gasteiger partial charge >= 0.3 is 0 Å². The number of aromatic nitrogens is 3. The summed E-state index contributed by atoms with van der Waals surface area (Å²) in [5.74, 6) is 0.167. The molecule has 0 fully saturated rings. The lowest BCUT2D eigenvalue weighted by Gasteiger charge is -2.33. The Balaban J connectivity index is 1.85. The summed E-state index contributed by atoms with van der Waals surface area (Å²) in [6, 6.07) is 9.91. The molecule has 32 heavy (non-hydrogen) atoms. The highest BCUT2D eigenvalue weighted by molar-refractivity contribution is 5.94. The number of benzene rings is 1. The van der Waals surface area contributed by atoms with Crippen molar-refractivity contribution in [3.05, 3.63) is 63.2 Å². The van der Waals surface area contributed by atoms with Crippen LogP contribution in [-0.4, -0.2) is 65.4 Å². The Labute approximate surface area is 186 Å². The van der Waals surface area contributed by atoms with E-state index in [4.69, 9.17) is 5.73 Å². The van der Waals surface area contributed by atoms with Gasteiger partial charge in [-0.2, -0.15) is 4.98 Å². The Morgan fingerprint density at radius 3 is 2.50 bits per heavy atom. The molecule has 0 aliphatic heterocycles. The van der Waals surface area contributed by atoms with Gasteiger partial charge in [0.2, 0.25) is 5.95 Å². The van der Waals surface area contributed by atoms with Crippen LogP contribution in [0.4, 0.5) is 5.95 Å². The number of nitrogens with zero attached hydrogens (tertiary/aromatic N) is 4. The van der Waals surface area contributed by atoms with Crippen LogP contribution in [0.3, 0.4) is 0 Å². The summed E-state index contributed by atoms with van der Waals surface area (Å²) in [5, 5.41) is 18.2. The average Bonchev–Trinajstić information content (AvgIpc) is 2.74. The fourth-order valence-electron chi connectivity index (χ4n) is 3.30. The van der Waals surface area contributed by atoms with E-state index in [1.165, 1.54) is 10.6 Å². The molecule has 10 heteroatoms. The molecular formula is C22H29N7O3. The number of fused-ring (bicyclic) bond motifs is 1. The van der Waals surface area contributed by atoms with Gasteiger partial charge in [-0.15, -0.1) is 0 Å². The van der Waals surface area contributed by atoms with E-state index in [0.29, 0.717) is 55.4 Å². The van der Waals surface area contributed by atoms with Crippen LogP contribution >= 0.6 is 0 Å². The topological polar surface area (TPSA) is 138 Å². The molecule has 0 unspecified atom stereocenters. The van der Waals surface area contributed by atoms with E-state index in [2.05, 4.69) is 20.6 Å². The predicted octanol–water partition coefficient (Wildman–Crippen LogP) is 1.15. The number of nitrogens with one attached hydrogen (secondary N) is 2. The fraction of sp³-hybridized carbons (Fsp3) is 0.364. The molecule has 3 rings (SSSR count). The van der Waals surface area contributed by atoms with Crippen LogP contribution in [0.1, 0.15) is 22.5 Å². The molecule has 0 aliphatic carbocycles. The van der Waals surface area contributed by atoms with Crippen molar-refractivity contribution in [1.29, 1.82) is 0 Å². The van der Waals surface area contributed by atoms with Crippen molar-refractivity contribution in [2.24, 2.45) is 5.73 Å². The summed E-state index contributed by atoms with van der Waals surface area (Å²) in [5.41, 5.74) is 7.57. The minimum atomic E-state index is -0.392. The van der Waals surface area contributed by atoms with Crippen molar-refractivity contribution >= 4 is 22.9 Å². The quantitative estimate of drug-likeness (QED) is 0.258. The number of carbonyl (C=O) groups is 1. The number of anilines is 1. The van der Waals surface area contributed by atoms with Gasteiger partial charge in [-0.25, -0.2) is 4.98 Å². The number of amides is 1. The summed E-state index contributed by atoms with van der Waals surface area (Å²) < 4.78 is 1.10. The minimum Gasteiger partial charge on any atom is -0.633 e. The molecular weight excluding hydrogens is 410 g/mol. The van der Waals surface area contributed by atoms with Crippen molar-refractivity contribution in [3.63, 3.8) is 0 Å². The smallest absolute Gasteiger partial charge is 0.256 e. The van der Waals surface area contributed by atoms with Gasteiger partial charge in [0.25, 0.3) is 11.5 Å². The number of hydrogen-bond donors (Lipinski definition) is 3. The molecule has 10 nitrogen and oxygen atoms in total. The highest BCUT2D eigenvalue weighted by atomic mass is 16.5. The van der Waals surface area contributed by atoms with Crippen LogP contribution in [-0.2, 0) is 0 Å². The summed E-state index contributed by atoms with van der Waals surface area (Å²) in [6.07, 6.45) is 0.589. The number of carbonyl (C=O) groups excluding carboxylic acids is 1. The molecule has 0 radical (unpaired) electrons. The van der Waals surface area contributed by atoms with E-state index in [1.54, 1.807) is 44.4 Å². The third-order valence-electron chi connectivity index (χ3n) is 4.91. The maximum absolute atomic E-state index is 12.7. The number of hydroxylamine groups is 3. The Morgan fingerprint density at radius 1 is 1.12 bits per heavy atom. The normalized spacial score (nSPS) is 11.5. The van der Waals surface area contributed by atoms with Crippen molar-refractivity contribution in [3.8, 4) is 5.69 Å². The third-order valence-corrected chi connectivity index (χ3v) is 4.91. The molecule has 0 spiro atoms. The lowest BCUT2D eigenvalue weighted by molar-refractivity contribution is -0.840. The van der Waals surface area contributed by atoms with Gasteiger partial charge in [-0.3, -0.25) is 14.2 Å². The first-order valence-electron chi connectivity index (χ1n) is 10.5. The van der Waals surface area contributed by atoms with Gasteiger partial charge < -0.3 is 26.2 Å². The van der Waals surface area contributed by atoms with Crippen LogP contribution in [0.5, 0.6) is 0 Å². The molecule has 1 aromatic carbocycles. The lowest BCUT2D eigenvalue weighted by atomic mass is 10.1. The van der Waals surface area contributed by atoms with E-state index in [1.807, 2.05) is 6.92 Å². The van der Waals surface area contributed by atoms with Crippen LogP contribution < -0.4 is 21.9 Å². The second-order valence-corrected chi connectivity index (χ2v) is 8.05. The van der Waals surface area contributed by atoms with E-state index < -0.39 is 4.65 Å². The number of hydrogen-bond acceptors (Lipinski definition) is 7. The van der Waals surface area contributed by atoms with Gasteiger partial charge in [-0.05, 0) is 37.3 Å². The van der Waals surface area contributed by atoms with Gasteiger partial charge in [0, 0.05) is 43.1 Å². The predicted molar refractivity (Wildman–Crippen MR) is 125 cm³/mol. The number of quaternary nitrogens is 1. The maximum atomic E-state index is 12.7. The van der Waals surface area contributed by atoms with Gasteiger partial charge in [0.1, 0.15) is 0 Å². The minimum absolute atomic E-state index is 0.232. The number of aryl methyl sites for hydroxylation is 1. The molecule has 2 aromatic heterocycles. The van der Waals surface area contributed by atoms with Gasteiger partial charge in [0.15, 0.2) is 5.65 Å². The molecule has 0 atom stereocenters. The molecule has 0 saturated heterocycles. The van der Waals surface area contributed by atoms with Crippen LogP contribution in [0, 0.1) is 12.1 Å². The monoisotopic (exact) mass is 439 g/mol. The van der Waals surface area contributed by atoms with Gasteiger partial charge in [-0.1, -0.05) is 0 Å². The number of pyridine rings is 1. The van der Waals surface area contributed by atoms with Crippen LogP contribution in [0.15, 0.2) is 41.2 Å². The molecule has 0 saturated carbocycles. The fourth-order valence-corrected chi connectivity index (χ4v) is 3.30. The lowest BCUT2D eigenvalue weighted by Crippen LogP contribution is -2.35. The molecule has 170 valence electrons. The van der Waals surface area contributed by atoms with E-state index in [9.17, 15) is 14.8 Å². The summed E-state index contributed by atoms with van der Waals surface area (Å²) >= 11 is 0. The maximum Gasteiger partial charge on any atom is 0.256 e. The highest BCUT2D eigenvalue weighted by Crippen LogP contribution is 2.19. The zero-order chi connectivity index (χ0) is 23.3. The first-order chi connectivity index (χ1) is 15.2. The second kappa shape index (κ2) is 9.86. The first-order valence-corrected chi connectivity index (χ1v) is 10.5. The van der Waals surface area contributed by atoms with Crippen LogP contribution in [0.25, 0.3) is 16.7 Å². The largest absolute Gasteiger partial charge is 0.633 e. The van der Waals surface area contributed by atoms with Crippen LogP contribution in [0.2, 0.25) is 0 Å². The van der Waals surface area contributed by atoms with Crippen molar-refractivity contribution in [2.45, 2.75) is 13.3 Å². The average molecular weight is 440 g/mol. The summed E-state index contributed by atoms with van der Waals surface area (Å²) in [6.45, 7) is 3.64. The molecule has 2 heterocycles. The zero-order valence-corrected chi connectivity index (χ0v) is 18.6. The standard InChI is InChI=1S/C22H29N7O3/c1-15-18-9-10-19(30)28(20(18)27-22(26-15)25-13-11-23)17-7-5-16(6-8-17)21(31)24-12-4-14-29(2,3)32/h5-10H,4,11-14,23H2,1-3H3,(H,24,31)(H,25,26,27). The summed E-state index contributed by atoms with van der Waals surface area (Å²) in [7, 11) is 3.14. The summed E-state index contributed by atoms with van der Waals surface area (Å²) in [4.78, 5) is 34.0. The number of nitrogens with two attached hydrogens (primary N) is 1. The molecule has 0 bridgehead atoms. The van der Waals surface area contributed by atoms with Crippen molar-refractivity contribution < 1.29 is 9.44 Å². The van der Waals surface area contributed by atoms with E-state index in [-0.39, 0.29) is 11.5 Å². The van der Waals surface area contributed by atoms with Crippen molar-refractivity contribution in [2.75, 3.05) is 45.6 Å². The third kappa shape index (κ3) is 5.67. The van der Waals surface area contributed by atoms with E-state index in [0.717, 1.165) is 11.1 Å². The molecule has 0 aliphatic rings. The zero-order valence-electron chi connectivity index (χ0n) is 18.6. The molecule has 3 aromatic rings. The second-order valence-electron chi connectivity index (χ2n) is 8.05. The Kier molecular flexibility index (Phi) is 7.18. The van der Waals surface area contributed by atoms with E-state index >= 15 is 0 Å². The molecule has 1 amide bonds. The Hall–Kier alpha value is -3.34. The first kappa shape index (κ1) is 23.3. The Morgan fingerprint density at radius 2 is 1.84 bits per heavy atom. The highest BCUT2D eigenvalue weighted by Gasteiger charge is 2.13. The molecule has 4 N–H and O–H groups in total. The van der Waals surface area contributed by atoms with Crippen molar-refractivity contribution in [1.82, 2.24) is 19.9 Å². The SMILES string of the molecule is Cc1nc(NCCN)nc2c1ccc(=O)n2-c1ccc(C(=O)NCCC[N+](C)(C)[O-])cc1.